The van der Waals surface area contributed by atoms with E-state index in [0.29, 0.717) is 26.1 Å². The molecule has 0 saturated carbocycles. The lowest BCUT2D eigenvalue weighted by Crippen LogP contribution is -2.20. The Morgan fingerprint density at radius 3 is 2.48 bits per heavy atom. The number of carbonyl (C=O) groups is 2. The van der Waals surface area contributed by atoms with Crippen molar-refractivity contribution in [2.24, 2.45) is 0 Å². The maximum Gasteiger partial charge on any atom is 0.305 e. The maximum absolute atomic E-state index is 11.2. The molecule has 1 unspecified atom stereocenters. The molecular weight excluding hydrogens is 344 g/mol. The normalized spacial score (nSPS) is 11.8. The number of nitriles is 1. The molecule has 0 rings (SSSR count). The SMILES string of the molecule is CCCCCC(C=CCN(C#N)CCCCCCC(=O)OCC)OC(C)=O. The van der Waals surface area contributed by atoms with E-state index in [9.17, 15) is 14.9 Å². The van der Waals surface area contributed by atoms with Crippen LogP contribution in [0.2, 0.25) is 0 Å². The van der Waals surface area contributed by atoms with Crippen molar-refractivity contribution >= 4 is 11.9 Å². The van der Waals surface area contributed by atoms with Crippen molar-refractivity contribution in [2.75, 3.05) is 19.7 Å². The zero-order chi connectivity index (χ0) is 20.3. The van der Waals surface area contributed by atoms with Crippen LogP contribution in [0.1, 0.15) is 78.6 Å². The second-order valence-electron chi connectivity index (χ2n) is 6.59. The van der Waals surface area contributed by atoms with Crippen molar-refractivity contribution in [3.63, 3.8) is 0 Å². The zero-order valence-electron chi connectivity index (χ0n) is 17.2. The van der Waals surface area contributed by atoms with E-state index in [4.69, 9.17) is 9.47 Å². The second kappa shape index (κ2) is 17.4. The first-order valence-electron chi connectivity index (χ1n) is 10.2. The predicted octanol–water partition coefficient (Wildman–Crippen LogP) is 4.35. The molecule has 0 fully saturated rings. The van der Waals surface area contributed by atoms with Crippen molar-refractivity contribution in [3.05, 3.63) is 12.2 Å². The van der Waals surface area contributed by atoms with Crippen LogP contribution in [-0.2, 0) is 19.1 Å². The van der Waals surface area contributed by atoms with Gasteiger partial charge in [-0.3, -0.25) is 9.59 Å². The monoisotopic (exact) mass is 380 g/mol. The minimum atomic E-state index is -0.277. The molecule has 0 bridgehead atoms. The second-order valence-corrected chi connectivity index (χ2v) is 6.59. The van der Waals surface area contributed by atoms with Gasteiger partial charge in [-0.25, -0.2) is 0 Å². The fourth-order valence-corrected chi connectivity index (χ4v) is 2.68. The lowest BCUT2D eigenvalue weighted by molar-refractivity contribution is -0.145. The molecule has 0 aliphatic rings. The van der Waals surface area contributed by atoms with E-state index in [2.05, 4.69) is 13.1 Å². The molecule has 0 aliphatic heterocycles. The molecule has 0 aromatic rings. The van der Waals surface area contributed by atoms with E-state index in [1.165, 1.54) is 6.92 Å². The highest BCUT2D eigenvalue weighted by molar-refractivity contribution is 5.69. The van der Waals surface area contributed by atoms with Gasteiger partial charge in [-0.05, 0) is 38.7 Å². The number of rotatable bonds is 16. The minimum Gasteiger partial charge on any atom is -0.466 e. The fraction of sp³-hybridized carbons (Fsp3) is 0.762. The van der Waals surface area contributed by atoms with E-state index in [0.717, 1.165) is 51.4 Å². The molecular formula is C21H36N2O4. The minimum absolute atomic E-state index is 0.137. The summed E-state index contributed by atoms with van der Waals surface area (Å²) in [6, 6.07) is 0. The first-order valence-corrected chi connectivity index (χ1v) is 10.2. The maximum atomic E-state index is 11.2. The molecule has 0 radical (unpaired) electrons. The van der Waals surface area contributed by atoms with Crippen LogP contribution in [0.3, 0.4) is 0 Å². The summed E-state index contributed by atoms with van der Waals surface area (Å²) in [6.07, 6.45) is 14.0. The number of hydrogen-bond acceptors (Lipinski definition) is 6. The molecule has 1 atom stereocenters. The molecule has 0 aromatic carbocycles. The van der Waals surface area contributed by atoms with Crippen LogP contribution in [0.5, 0.6) is 0 Å². The average molecular weight is 381 g/mol. The average Bonchev–Trinajstić information content (AvgIpc) is 2.62. The van der Waals surface area contributed by atoms with Crippen molar-refractivity contribution in [1.29, 1.82) is 5.26 Å². The van der Waals surface area contributed by atoms with Crippen LogP contribution in [0.25, 0.3) is 0 Å². The number of esters is 2. The summed E-state index contributed by atoms with van der Waals surface area (Å²) in [5.74, 6) is -0.413. The van der Waals surface area contributed by atoms with E-state index in [1.54, 1.807) is 4.90 Å². The first kappa shape index (κ1) is 25.0. The van der Waals surface area contributed by atoms with Crippen molar-refractivity contribution in [3.8, 4) is 6.19 Å². The van der Waals surface area contributed by atoms with Gasteiger partial charge in [0.25, 0.3) is 0 Å². The summed E-state index contributed by atoms with van der Waals surface area (Å²) in [7, 11) is 0. The Morgan fingerprint density at radius 2 is 1.85 bits per heavy atom. The van der Waals surface area contributed by atoms with Gasteiger partial charge < -0.3 is 14.4 Å². The van der Waals surface area contributed by atoms with Gasteiger partial charge in [-0.1, -0.05) is 38.7 Å². The molecule has 27 heavy (non-hydrogen) atoms. The number of ether oxygens (including phenoxy) is 2. The van der Waals surface area contributed by atoms with E-state index >= 15 is 0 Å². The molecule has 0 spiro atoms. The summed E-state index contributed by atoms with van der Waals surface area (Å²) < 4.78 is 10.2. The van der Waals surface area contributed by atoms with Gasteiger partial charge in [0, 0.05) is 26.4 Å². The quantitative estimate of drug-likeness (QED) is 0.130. The first-order chi connectivity index (χ1) is 13.0. The van der Waals surface area contributed by atoms with Crippen LogP contribution < -0.4 is 0 Å². The summed E-state index contributed by atoms with van der Waals surface area (Å²) in [5, 5.41) is 9.24. The summed E-state index contributed by atoms with van der Waals surface area (Å²) in [6.45, 7) is 7.00. The highest BCUT2D eigenvalue weighted by atomic mass is 16.5. The molecule has 0 heterocycles. The molecule has 154 valence electrons. The molecule has 0 saturated heterocycles. The molecule has 0 N–H and O–H groups in total. The van der Waals surface area contributed by atoms with Gasteiger partial charge in [0.1, 0.15) is 6.10 Å². The summed E-state index contributed by atoms with van der Waals surface area (Å²) in [5.41, 5.74) is 0. The van der Waals surface area contributed by atoms with E-state index in [-0.39, 0.29) is 18.0 Å². The predicted molar refractivity (Wildman–Crippen MR) is 106 cm³/mol. The lowest BCUT2D eigenvalue weighted by Gasteiger charge is -2.15. The van der Waals surface area contributed by atoms with E-state index in [1.807, 2.05) is 19.1 Å². The standard InChI is InChI=1S/C21H36N2O4/c1-4-6-9-13-20(27-19(3)24)14-12-17-23(18-22)16-11-8-7-10-15-21(25)26-5-2/h12,14,20H,4-11,13,15-17H2,1-3H3. The smallest absolute Gasteiger partial charge is 0.305 e. The Morgan fingerprint density at radius 1 is 1.11 bits per heavy atom. The van der Waals surface area contributed by atoms with Gasteiger partial charge in [-0.2, -0.15) is 5.26 Å². The highest BCUT2D eigenvalue weighted by Gasteiger charge is 2.08. The van der Waals surface area contributed by atoms with Crippen molar-refractivity contribution in [2.45, 2.75) is 84.7 Å². The molecule has 0 amide bonds. The third-order valence-electron chi connectivity index (χ3n) is 4.09. The van der Waals surface area contributed by atoms with Crippen LogP contribution in [0.15, 0.2) is 12.2 Å². The fourth-order valence-electron chi connectivity index (χ4n) is 2.68. The van der Waals surface area contributed by atoms with Gasteiger partial charge in [-0.15, -0.1) is 0 Å². The Hall–Kier alpha value is -2.03. The largest absolute Gasteiger partial charge is 0.466 e. The number of carbonyl (C=O) groups excluding carboxylic acids is 2. The van der Waals surface area contributed by atoms with Gasteiger partial charge >= 0.3 is 11.9 Å². The summed E-state index contributed by atoms with van der Waals surface area (Å²) >= 11 is 0. The van der Waals surface area contributed by atoms with Gasteiger partial charge in [0.15, 0.2) is 6.19 Å². The van der Waals surface area contributed by atoms with Gasteiger partial charge in [0.2, 0.25) is 0 Å². The number of unbranched alkanes of at least 4 members (excludes halogenated alkanes) is 5. The highest BCUT2D eigenvalue weighted by Crippen LogP contribution is 2.09. The number of nitrogens with zero attached hydrogens (tertiary/aromatic N) is 2. The molecule has 6 heteroatoms. The van der Waals surface area contributed by atoms with E-state index < -0.39 is 0 Å². The van der Waals surface area contributed by atoms with Crippen LogP contribution in [0.4, 0.5) is 0 Å². The lowest BCUT2D eigenvalue weighted by atomic mass is 10.1. The Bertz CT molecular complexity index is 471. The molecule has 0 aliphatic carbocycles. The van der Waals surface area contributed by atoms with Crippen molar-refractivity contribution < 1.29 is 19.1 Å². The third-order valence-corrected chi connectivity index (χ3v) is 4.09. The van der Waals surface area contributed by atoms with Gasteiger partial charge in [0.05, 0.1) is 6.61 Å². The molecule has 0 aromatic heterocycles. The summed E-state index contributed by atoms with van der Waals surface area (Å²) in [4.78, 5) is 24.1. The van der Waals surface area contributed by atoms with Crippen LogP contribution in [0, 0.1) is 11.5 Å². The van der Waals surface area contributed by atoms with Crippen LogP contribution in [-0.4, -0.2) is 42.6 Å². The van der Waals surface area contributed by atoms with Crippen molar-refractivity contribution in [1.82, 2.24) is 4.90 Å². The Balaban J connectivity index is 4.04. The Kier molecular flexibility index (Phi) is 16.1. The molecule has 6 nitrogen and oxygen atoms in total. The van der Waals surface area contributed by atoms with Crippen LogP contribution >= 0.6 is 0 Å². The Labute approximate surface area is 164 Å². The zero-order valence-corrected chi connectivity index (χ0v) is 17.2. The topological polar surface area (TPSA) is 79.6 Å². The third kappa shape index (κ3) is 15.9. The number of hydrogen-bond donors (Lipinski definition) is 0.